The van der Waals surface area contributed by atoms with E-state index in [1.165, 1.54) is 5.56 Å². The Kier molecular flexibility index (Phi) is 5.56. The number of hydrogen-bond donors (Lipinski definition) is 2. The summed E-state index contributed by atoms with van der Waals surface area (Å²) in [6.07, 6.45) is 3.85. The van der Waals surface area contributed by atoms with E-state index in [0.29, 0.717) is 12.6 Å². The van der Waals surface area contributed by atoms with Crippen LogP contribution in [-0.4, -0.2) is 53.7 Å². The van der Waals surface area contributed by atoms with Crippen LogP contribution in [0, 0.1) is 0 Å². The van der Waals surface area contributed by atoms with E-state index in [1.54, 1.807) is 7.11 Å². The van der Waals surface area contributed by atoms with Crippen molar-refractivity contribution < 1.29 is 9.53 Å². The van der Waals surface area contributed by atoms with Gasteiger partial charge in [0, 0.05) is 42.0 Å². The second-order valence-corrected chi connectivity index (χ2v) is 7.35. The molecule has 5 nitrogen and oxygen atoms in total. The predicted molar refractivity (Wildman–Crippen MR) is 100 cm³/mol. The summed E-state index contributed by atoms with van der Waals surface area (Å²) in [7, 11) is 1.69. The van der Waals surface area contributed by atoms with Crippen molar-refractivity contribution in [3.8, 4) is 5.75 Å². The molecule has 1 aromatic carbocycles. The maximum Gasteiger partial charge on any atom is 0.317 e. The minimum absolute atomic E-state index is 0.0526. The highest BCUT2D eigenvalue weighted by atomic mass is 32.2. The Labute approximate surface area is 147 Å². The highest BCUT2D eigenvalue weighted by molar-refractivity contribution is 7.99. The van der Waals surface area contributed by atoms with Gasteiger partial charge in [0.25, 0.3) is 0 Å². The molecule has 1 atom stereocenters. The van der Waals surface area contributed by atoms with Crippen molar-refractivity contribution in [1.29, 1.82) is 0 Å². The van der Waals surface area contributed by atoms with Crippen LogP contribution in [0.4, 0.5) is 4.79 Å². The van der Waals surface area contributed by atoms with Gasteiger partial charge in [0.15, 0.2) is 0 Å². The van der Waals surface area contributed by atoms with E-state index in [0.717, 1.165) is 47.5 Å². The summed E-state index contributed by atoms with van der Waals surface area (Å²) in [5, 5.41) is 4.18. The van der Waals surface area contributed by atoms with Gasteiger partial charge in [-0.25, -0.2) is 4.79 Å². The normalized spacial score (nSPS) is 18.4. The number of nitrogens with one attached hydrogen (secondary N) is 2. The first-order valence-corrected chi connectivity index (χ1v) is 9.61. The van der Waals surface area contributed by atoms with Crippen LogP contribution in [0.25, 0.3) is 10.9 Å². The van der Waals surface area contributed by atoms with Gasteiger partial charge in [-0.05, 0) is 43.2 Å². The number of fused-ring (bicyclic) bond motifs is 1. The standard InChI is InChI=1S/C18H25N3O2S/c1-13-7-10-24-11-9-21(13)18(22)19-8-6-14-12-20-15-4-3-5-16(23-2)17(14)15/h3-5,12-13,20H,6-11H2,1-2H3,(H,19,22)/t13-/m0/s1. The highest BCUT2D eigenvalue weighted by Crippen LogP contribution is 2.28. The van der Waals surface area contributed by atoms with Crippen LogP contribution in [0.15, 0.2) is 24.4 Å². The lowest BCUT2D eigenvalue weighted by molar-refractivity contribution is 0.183. The fourth-order valence-corrected chi connectivity index (χ4v) is 4.23. The number of benzene rings is 1. The van der Waals surface area contributed by atoms with Crippen molar-refractivity contribution in [2.24, 2.45) is 0 Å². The number of thioether (sulfide) groups is 1. The number of H-pyrrole nitrogens is 1. The molecule has 3 rings (SSSR count). The van der Waals surface area contributed by atoms with E-state index in [2.05, 4.69) is 17.2 Å². The molecule has 1 aliphatic rings. The van der Waals surface area contributed by atoms with Gasteiger partial charge in [0.1, 0.15) is 5.75 Å². The van der Waals surface area contributed by atoms with E-state index < -0.39 is 0 Å². The van der Waals surface area contributed by atoms with Crippen LogP contribution in [-0.2, 0) is 6.42 Å². The monoisotopic (exact) mass is 347 g/mol. The highest BCUT2D eigenvalue weighted by Gasteiger charge is 2.21. The second kappa shape index (κ2) is 7.83. The minimum atomic E-state index is 0.0526. The molecule has 1 aliphatic heterocycles. The first-order valence-electron chi connectivity index (χ1n) is 8.46. The number of carbonyl (C=O) groups excluding carboxylic acids is 1. The summed E-state index contributed by atoms with van der Waals surface area (Å²) in [6.45, 7) is 3.59. The molecule has 130 valence electrons. The molecule has 2 N–H and O–H groups in total. The molecular formula is C18H25N3O2S. The summed E-state index contributed by atoms with van der Waals surface area (Å²) < 4.78 is 5.46. The molecule has 1 fully saturated rings. The first kappa shape index (κ1) is 17.0. The molecule has 2 heterocycles. The van der Waals surface area contributed by atoms with Crippen LogP contribution in [0.2, 0.25) is 0 Å². The third-order valence-corrected chi connectivity index (χ3v) is 5.58. The number of ether oxygens (including phenoxy) is 1. The van der Waals surface area contributed by atoms with Crippen LogP contribution in [0.3, 0.4) is 0 Å². The van der Waals surface area contributed by atoms with Gasteiger partial charge in [0.2, 0.25) is 0 Å². The first-order chi connectivity index (χ1) is 11.7. The van der Waals surface area contributed by atoms with Gasteiger partial charge >= 0.3 is 6.03 Å². The van der Waals surface area contributed by atoms with Crippen LogP contribution < -0.4 is 10.1 Å². The average Bonchev–Trinajstić information content (AvgIpc) is 2.88. The number of nitrogens with zero attached hydrogens (tertiary/aromatic N) is 1. The number of methoxy groups -OCH3 is 1. The minimum Gasteiger partial charge on any atom is -0.496 e. The third kappa shape index (κ3) is 3.64. The fraction of sp³-hybridized carbons (Fsp3) is 0.500. The van der Waals surface area contributed by atoms with Crippen LogP contribution in [0.5, 0.6) is 5.75 Å². The maximum absolute atomic E-state index is 12.4. The zero-order chi connectivity index (χ0) is 16.9. The SMILES string of the molecule is COc1cccc2[nH]cc(CCNC(=O)N3CCSCC[C@@H]3C)c12. The molecule has 24 heavy (non-hydrogen) atoms. The lowest BCUT2D eigenvalue weighted by Crippen LogP contribution is -2.46. The number of urea groups is 1. The molecule has 2 amide bonds. The van der Waals surface area contributed by atoms with Crippen molar-refractivity contribution in [2.75, 3.05) is 31.7 Å². The van der Waals surface area contributed by atoms with E-state index in [1.807, 2.05) is 41.1 Å². The summed E-state index contributed by atoms with van der Waals surface area (Å²) in [5.74, 6) is 3.03. The van der Waals surface area contributed by atoms with Gasteiger partial charge in [-0.3, -0.25) is 0 Å². The van der Waals surface area contributed by atoms with E-state index in [9.17, 15) is 4.79 Å². The summed E-state index contributed by atoms with van der Waals surface area (Å²) in [4.78, 5) is 17.7. The second-order valence-electron chi connectivity index (χ2n) is 6.12. The summed E-state index contributed by atoms with van der Waals surface area (Å²) in [6, 6.07) is 6.35. The number of hydrogen-bond acceptors (Lipinski definition) is 3. The Hall–Kier alpha value is -1.82. The van der Waals surface area contributed by atoms with Gasteiger partial charge in [-0.1, -0.05) is 6.07 Å². The lowest BCUT2D eigenvalue weighted by atomic mass is 10.1. The Morgan fingerprint density at radius 3 is 3.17 bits per heavy atom. The summed E-state index contributed by atoms with van der Waals surface area (Å²) >= 11 is 1.93. The molecule has 0 unspecified atom stereocenters. The Balaban J connectivity index is 1.61. The summed E-state index contributed by atoms with van der Waals surface area (Å²) in [5.41, 5.74) is 2.23. The van der Waals surface area contributed by atoms with Gasteiger partial charge in [0.05, 0.1) is 7.11 Å². The number of carbonyl (C=O) groups is 1. The Morgan fingerprint density at radius 2 is 2.33 bits per heavy atom. The fourth-order valence-electron chi connectivity index (χ4n) is 3.19. The van der Waals surface area contributed by atoms with Gasteiger partial charge in [-0.2, -0.15) is 11.8 Å². The van der Waals surface area contributed by atoms with Crippen LogP contribution >= 0.6 is 11.8 Å². The predicted octanol–water partition coefficient (Wildman–Crippen LogP) is 3.26. The molecule has 0 bridgehead atoms. The number of aromatic nitrogens is 1. The zero-order valence-electron chi connectivity index (χ0n) is 14.3. The largest absolute Gasteiger partial charge is 0.496 e. The van der Waals surface area contributed by atoms with E-state index >= 15 is 0 Å². The van der Waals surface area contributed by atoms with Crippen LogP contribution in [0.1, 0.15) is 18.9 Å². The molecule has 1 aromatic heterocycles. The van der Waals surface area contributed by atoms with E-state index in [-0.39, 0.29) is 6.03 Å². The molecule has 0 radical (unpaired) electrons. The Bertz CT molecular complexity index is 701. The number of aromatic amines is 1. The Morgan fingerprint density at radius 1 is 1.46 bits per heavy atom. The molecular weight excluding hydrogens is 322 g/mol. The molecule has 6 heteroatoms. The zero-order valence-corrected chi connectivity index (χ0v) is 15.1. The number of rotatable bonds is 4. The van der Waals surface area contributed by atoms with Crippen molar-refractivity contribution in [2.45, 2.75) is 25.8 Å². The van der Waals surface area contributed by atoms with Crippen molar-refractivity contribution in [1.82, 2.24) is 15.2 Å². The van der Waals surface area contributed by atoms with Gasteiger partial charge < -0.3 is 19.9 Å². The lowest BCUT2D eigenvalue weighted by Gasteiger charge is -2.27. The molecule has 0 saturated carbocycles. The molecule has 2 aromatic rings. The quantitative estimate of drug-likeness (QED) is 0.892. The molecule has 1 saturated heterocycles. The third-order valence-electron chi connectivity index (χ3n) is 4.59. The maximum atomic E-state index is 12.4. The van der Waals surface area contributed by atoms with Crippen molar-refractivity contribution >= 4 is 28.7 Å². The molecule has 0 aliphatic carbocycles. The average molecular weight is 347 g/mol. The topological polar surface area (TPSA) is 57.4 Å². The van der Waals surface area contributed by atoms with E-state index in [4.69, 9.17) is 4.74 Å². The molecule has 0 spiro atoms. The smallest absolute Gasteiger partial charge is 0.317 e. The van der Waals surface area contributed by atoms with Crippen molar-refractivity contribution in [3.63, 3.8) is 0 Å². The van der Waals surface area contributed by atoms with Gasteiger partial charge in [-0.15, -0.1) is 0 Å². The van der Waals surface area contributed by atoms with Crippen molar-refractivity contribution in [3.05, 3.63) is 30.0 Å². The number of amides is 2.